The van der Waals surface area contributed by atoms with E-state index in [9.17, 15) is 13.6 Å². The van der Waals surface area contributed by atoms with E-state index in [0.29, 0.717) is 49.0 Å². The molecular weight excluding hydrogens is 362 g/mol. The predicted octanol–water partition coefficient (Wildman–Crippen LogP) is 4.10. The van der Waals surface area contributed by atoms with Crippen molar-refractivity contribution in [1.82, 2.24) is 5.32 Å². The van der Waals surface area contributed by atoms with E-state index in [1.807, 2.05) is 19.2 Å². The Balaban J connectivity index is 1.61. The fourth-order valence-corrected chi connectivity index (χ4v) is 3.72. The second-order valence-electron chi connectivity index (χ2n) is 7.29. The lowest BCUT2D eigenvalue weighted by Gasteiger charge is -2.34. The van der Waals surface area contributed by atoms with Gasteiger partial charge in [-0.1, -0.05) is 12.1 Å². The number of aryl methyl sites for hydroxylation is 1. The van der Waals surface area contributed by atoms with Gasteiger partial charge in [0.15, 0.2) is 6.29 Å². The van der Waals surface area contributed by atoms with Crippen molar-refractivity contribution < 1.29 is 18.3 Å². The van der Waals surface area contributed by atoms with Crippen molar-refractivity contribution in [3.05, 3.63) is 58.7 Å². The van der Waals surface area contributed by atoms with Gasteiger partial charge in [0, 0.05) is 30.8 Å². The fraction of sp³-hybridized carbons (Fsp3) is 0.409. The SMILES string of the molecule is CNCc1c(C=O)cccc1OCC1CCN(c2c(F)cc(C)cc2F)CC1. The van der Waals surface area contributed by atoms with Gasteiger partial charge < -0.3 is 15.0 Å². The number of benzene rings is 2. The average Bonchev–Trinajstić information content (AvgIpc) is 2.67. The molecule has 0 aliphatic carbocycles. The molecule has 0 saturated carbocycles. The topological polar surface area (TPSA) is 41.6 Å². The highest BCUT2D eigenvalue weighted by Crippen LogP contribution is 2.30. The van der Waals surface area contributed by atoms with E-state index < -0.39 is 11.6 Å². The van der Waals surface area contributed by atoms with Gasteiger partial charge in [-0.3, -0.25) is 4.79 Å². The lowest BCUT2D eigenvalue weighted by atomic mass is 9.97. The first-order valence-electron chi connectivity index (χ1n) is 9.58. The Kier molecular flexibility index (Phi) is 6.62. The summed E-state index contributed by atoms with van der Waals surface area (Å²) in [5.41, 5.74) is 2.12. The van der Waals surface area contributed by atoms with E-state index in [1.54, 1.807) is 17.9 Å². The second kappa shape index (κ2) is 9.15. The first-order chi connectivity index (χ1) is 13.5. The molecule has 6 heteroatoms. The van der Waals surface area contributed by atoms with Gasteiger partial charge in [-0.05, 0) is 56.5 Å². The third-order valence-corrected chi connectivity index (χ3v) is 5.22. The second-order valence-corrected chi connectivity index (χ2v) is 7.29. The minimum Gasteiger partial charge on any atom is -0.493 e. The number of aldehydes is 1. The van der Waals surface area contributed by atoms with Gasteiger partial charge in [-0.2, -0.15) is 0 Å². The molecule has 0 amide bonds. The molecule has 0 spiro atoms. The first kappa shape index (κ1) is 20.3. The van der Waals surface area contributed by atoms with Crippen LogP contribution in [0.5, 0.6) is 5.75 Å². The predicted molar refractivity (Wildman–Crippen MR) is 106 cm³/mol. The Labute approximate surface area is 164 Å². The van der Waals surface area contributed by atoms with Crippen molar-refractivity contribution in [2.45, 2.75) is 26.3 Å². The Bertz CT molecular complexity index is 810. The maximum Gasteiger partial charge on any atom is 0.150 e. The van der Waals surface area contributed by atoms with Gasteiger partial charge in [-0.15, -0.1) is 0 Å². The van der Waals surface area contributed by atoms with Crippen molar-refractivity contribution in [2.75, 3.05) is 31.6 Å². The van der Waals surface area contributed by atoms with E-state index >= 15 is 0 Å². The molecule has 0 unspecified atom stereocenters. The molecule has 150 valence electrons. The molecule has 1 aliphatic heterocycles. The lowest BCUT2D eigenvalue weighted by Crippen LogP contribution is -2.36. The highest BCUT2D eigenvalue weighted by atomic mass is 19.1. The molecule has 2 aromatic rings. The number of rotatable bonds is 7. The molecule has 2 aromatic carbocycles. The molecule has 0 radical (unpaired) electrons. The number of hydrogen-bond acceptors (Lipinski definition) is 4. The Morgan fingerprint density at radius 3 is 2.50 bits per heavy atom. The molecule has 1 aliphatic rings. The molecule has 0 atom stereocenters. The molecule has 0 aromatic heterocycles. The minimum absolute atomic E-state index is 0.0694. The van der Waals surface area contributed by atoms with Gasteiger partial charge >= 0.3 is 0 Å². The van der Waals surface area contributed by atoms with Crippen molar-refractivity contribution >= 4 is 12.0 Å². The highest BCUT2D eigenvalue weighted by molar-refractivity contribution is 5.78. The van der Waals surface area contributed by atoms with Gasteiger partial charge in [0.2, 0.25) is 0 Å². The van der Waals surface area contributed by atoms with Crippen LogP contribution in [0.15, 0.2) is 30.3 Å². The highest BCUT2D eigenvalue weighted by Gasteiger charge is 2.24. The summed E-state index contributed by atoms with van der Waals surface area (Å²) in [4.78, 5) is 13.0. The summed E-state index contributed by atoms with van der Waals surface area (Å²) in [6.07, 6.45) is 2.42. The molecule has 4 nitrogen and oxygen atoms in total. The van der Waals surface area contributed by atoms with Crippen LogP contribution in [0.1, 0.15) is 34.3 Å². The van der Waals surface area contributed by atoms with Crippen molar-refractivity contribution in [3.8, 4) is 5.75 Å². The van der Waals surface area contributed by atoms with Crippen LogP contribution in [0, 0.1) is 24.5 Å². The van der Waals surface area contributed by atoms with Crippen LogP contribution >= 0.6 is 0 Å². The lowest BCUT2D eigenvalue weighted by molar-refractivity contribution is 0.112. The summed E-state index contributed by atoms with van der Waals surface area (Å²) in [6, 6.07) is 8.19. The number of nitrogens with zero attached hydrogens (tertiary/aromatic N) is 1. The van der Waals surface area contributed by atoms with Crippen LogP contribution in [0.2, 0.25) is 0 Å². The fourth-order valence-electron chi connectivity index (χ4n) is 3.72. The van der Waals surface area contributed by atoms with Crippen molar-refractivity contribution in [1.29, 1.82) is 0 Å². The molecule has 1 fully saturated rings. The molecule has 0 bridgehead atoms. The molecule has 3 rings (SSSR count). The van der Waals surface area contributed by atoms with Crippen molar-refractivity contribution in [3.63, 3.8) is 0 Å². The first-order valence-corrected chi connectivity index (χ1v) is 9.58. The number of carbonyl (C=O) groups is 1. The molecule has 1 heterocycles. The third-order valence-electron chi connectivity index (χ3n) is 5.22. The van der Waals surface area contributed by atoms with E-state index in [2.05, 4.69) is 5.32 Å². The van der Waals surface area contributed by atoms with Gasteiger partial charge in [0.25, 0.3) is 0 Å². The van der Waals surface area contributed by atoms with Crippen LogP contribution in [0.3, 0.4) is 0 Å². The zero-order chi connectivity index (χ0) is 20.1. The Hall–Kier alpha value is -2.47. The number of carbonyl (C=O) groups excluding carboxylic acids is 1. The summed E-state index contributed by atoms with van der Waals surface area (Å²) in [5.74, 6) is -0.00341. The summed E-state index contributed by atoms with van der Waals surface area (Å²) in [5, 5.41) is 3.06. The van der Waals surface area contributed by atoms with Crippen LogP contribution in [-0.4, -0.2) is 33.0 Å². The average molecular weight is 388 g/mol. The standard InChI is InChI=1S/C22H26F2N2O2/c1-15-10-19(23)22(20(24)11-15)26-8-6-16(7-9-26)14-28-21-5-3-4-17(13-27)18(21)12-25-2/h3-5,10-11,13,16,25H,6-9,12,14H2,1-2H3. The van der Waals surface area contributed by atoms with Gasteiger partial charge in [0.1, 0.15) is 23.1 Å². The smallest absolute Gasteiger partial charge is 0.150 e. The number of piperidine rings is 1. The number of nitrogens with one attached hydrogen (secondary N) is 1. The largest absolute Gasteiger partial charge is 0.493 e. The number of ether oxygens (including phenoxy) is 1. The zero-order valence-corrected chi connectivity index (χ0v) is 16.3. The number of anilines is 1. The van der Waals surface area contributed by atoms with Gasteiger partial charge in [-0.25, -0.2) is 8.78 Å². The summed E-state index contributed by atoms with van der Waals surface area (Å²) < 4.78 is 34.4. The maximum absolute atomic E-state index is 14.2. The summed E-state index contributed by atoms with van der Waals surface area (Å²) in [7, 11) is 1.82. The van der Waals surface area contributed by atoms with E-state index in [-0.39, 0.29) is 5.69 Å². The molecule has 1 N–H and O–H groups in total. The van der Waals surface area contributed by atoms with Crippen LogP contribution in [-0.2, 0) is 6.54 Å². The van der Waals surface area contributed by atoms with Crippen LogP contribution < -0.4 is 15.0 Å². The number of halogens is 2. The van der Waals surface area contributed by atoms with Crippen molar-refractivity contribution in [2.24, 2.45) is 5.92 Å². The minimum atomic E-state index is -0.505. The normalized spacial score (nSPS) is 14.9. The Morgan fingerprint density at radius 2 is 1.89 bits per heavy atom. The Morgan fingerprint density at radius 1 is 1.21 bits per heavy atom. The number of hydrogen-bond donors (Lipinski definition) is 1. The van der Waals surface area contributed by atoms with E-state index in [4.69, 9.17) is 4.74 Å². The quantitative estimate of drug-likeness (QED) is 0.725. The van der Waals surface area contributed by atoms with E-state index in [1.165, 1.54) is 12.1 Å². The molecular formula is C22H26F2N2O2. The van der Waals surface area contributed by atoms with Crippen LogP contribution in [0.25, 0.3) is 0 Å². The zero-order valence-electron chi connectivity index (χ0n) is 16.3. The monoisotopic (exact) mass is 388 g/mol. The van der Waals surface area contributed by atoms with Crippen LogP contribution in [0.4, 0.5) is 14.5 Å². The third kappa shape index (κ3) is 4.50. The summed E-state index contributed by atoms with van der Waals surface area (Å²) >= 11 is 0. The molecule has 28 heavy (non-hydrogen) atoms. The molecule has 1 saturated heterocycles. The van der Waals surface area contributed by atoms with Gasteiger partial charge in [0.05, 0.1) is 6.61 Å². The maximum atomic E-state index is 14.2. The summed E-state index contributed by atoms with van der Waals surface area (Å²) in [6.45, 7) is 3.92. The van der Waals surface area contributed by atoms with E-state index in [0.717, 1.165) is 24.7 Å².